The molecule has 1 aromatic heterocycles. The Balaban J connectivity index is 1.77. The highest BCUT2D eigenvalue weighted by molar-refractivity contribution is 5.14. The molecule has 2 heterocycles. The molecule has 0 spiro atoms. The maximum atomic E-state index is 5.66. The second-order valence-corrected chi connectivity index (χ2v) is 5.28. The lowest BCUT2D eigenvalue weighted by Crippen LogP contribution is -2.18. The van der Waals surface area contributed by atoms with E-state index < -0.39 is 0 Å². The third kappa shape index (κ3) is 3.85. The minimum Gasteiger partial charge on any atom is -0.378 e. The van der Waals surface area contributed by atoms with Gasteiger partial charge >= 0.3 is 0 Å². The second-order valence-electron chi connectivity index (χ2n) is 5.28. The van der Waals surface area contributed by atoms with Crippen molar-refractivity contribution in [2.45, 2.75) is 58.2 Å². The standard InChI is InChI=1S/C15H26N2O/c1-3-8-16-13(2)14-6-9-17(12-14)10-7-15-5-4-11-18-15/h6,9,12-13,15-16H,3-5,7-8,10-11H2,1-2H3. The Morgan fingerprint density at radius 1 is 1.56 bits per heavy atom. The maximum Gasteiger partial charge on any atom is 0.0593 e. The second kappa shape index (κ2) is 6.95. The summed E-state index contributed by atoms with van der Waals surface area (Å²) in [5.74, 6) is 0. The van der Waals surface area contributed by atoms with Gasteiger partial charge in [0.25, 0.3) is 0 Å². The first-order chi connectivity index (χ1) is 8.79. The van der Waals surface area contributed by atoms with Crippen LogP contribution in [0.25, 0.3) is 0 Å². The van der Waals surface area contributed by atoms with Crippen molar-refractivity contribution >= 4 is 0 Å². The lowest BCUT2D eigenvalue weighted by molar-refractivity contribution is 0.100. The van der Waals surface area contributed by atoms with Crippen LogP contribution >= 0.6 is 0 Å². The van der Waals surface area contributed by atoms with Crippen LogP contribution in [-0.4, -0.2) is 23.8 Å². The Bertz CT molecular complexity index is 342. The predicted octanol–water partition coefficient (Wildman–Crippen LogP) is 3.12. The Morgan fingerprint density at radius 3 is 3.17 bits per heavy atom. The summed E-state index contributed by atoms with van der Waals surface area (Å²) in [5, 5.41) is 3.52. The van der Waals surface area contributed by atoms with E-state index in [0.29, 0.717) is 12.1 Å². The number of ether oxygens (including phenoxy) is 1. The quantitative estimate of drug-likeness (QED) is 0.804. The zero-order valence-corrected chi connectivity index (χ0v) is 11.7. The van der Waals surface area contributed by atoms with Gasteiger partial charge in [0, 0.05) is 31.6 Å². The van der Waals surface area contributed by atoms with Crippen molar-refractivity contribution in [1.82, 2.24) is 9.88 Å². The molecule has 0 radical (unpaired) electrons. The van der Waals surface area contributed by atoms with Gasteiger partial charge in [-0.25, -0.2) is 0 Å². The fourth-order valence-electron chi connectivity index (χ4n) is 2.50. The number of nitrogens with one attached hydrogen (secondary N) is 1. The number of aromatic nitrogens is 1. The van der Waals surface area contributed by atoms with Gasteiger partial charge < -0.3 is 14.6 Å². The number of hydrogen-bond donors (Lipinski definition) is 1. The van der Waals surface area contributed by atoms with Crippen LogP contribution in [0.1, 0.15) is 51.1 Å². The molecule has 2 unspecified atom stereocenters. The van der Waals surface area contributed by atoms with Gasteiger partial charge in [-0.2, -0.15) is 0 Å². The highest BCUT2D eigenvalue weighted by atomic mass is 16.5. The topological polar surface area (TPSA) is 26.2 Å². The minimum absolute atomic E-state index is 0.453. The highest BCUT2D eigenvalue weighted by Gasteiger charge is 2.15. The molecule has 102 valence electrons. The summed E-state index contributed by atoms with van der Waals surface area (Å²) in [5.41, 5.74) is 1.38. The maximum absolute atomic E-state index is 5.66. The van der Waals surface area contributed by atoms with Crippen LogP contribution in [0.5, 0.6) is 0 Å². The van der Waals surface area contributed by atoms with E-state index in [0.717, 1.165) is 26.1 Å². The largest absolute Gasteiger partial charge is 0.378 e. The first kappa shape index (κ1) is 13.6. The van der Waals surface area contributed by atoms with Crippen LogP contribution in [0.4, 0.5) is 0 Å². The summed E-state index contributed by atoms with van der Waals surface area (Å²) >= 11 is 0. The molecule has 2 rings (SSSR count). The lowest BCUT2D eigenvalue weighted by Gasteiger charge is -2.12. The zero-order chi connectivity index (χ0) is 12.8. The average Bonchev–Trinajstić information content (AvgIpc) is 3.04. The summed E-state index contributed by atoms with van der Waals surface area (Å²) in [6, 6.07) is 2.68. The fraction of sp³-hybridized carbons (Fsp3) is 0.733. The third-order valence-corrected chi connectivity index (χ3v) is 3.71. The normalized spacial score (nSPS) is 21.3. The van der Waals surface area contributed by atoms with E-state index in [4.69, 9.17) is 4.74 Å². The van der Waals surface area contributed by atoms with Gasteiger partial charge in [-0.15, -0.1) is 0 Å². The van der Waals surface area contributed by atoms with Crippen molar-refractivity contribution in [1.29, 1.82) is 0 Å². The predicted molar refractivity (Wildman–Crippen MR) is 74.7 cm³/mol. The summed E-state index contributed by atoms with van der Waals surface area (Å²) < 4.78 is 7.95. The van der Waals surface area contributed by atoms with E-state index in [1.54, 1.807) is 0 Å². The molecule has 3 heteroatoms. The van der Waals surface area contributed by atoms with E-state index in [1.165, 1.54) is 24.8 Å². The fourth-order valence-corrected chi connectivity index (χ4v) is 2.50. The number of aryl methyl sites for hydroxylation is 1. The Labute approximate surface area is 111 Å². The first-order valence-corrected chi connectivity index (χ1v) is 7.30. The van der Waals surface area contributed by atoms with Gasteiger partial charge in [-0.05, 0) is 50.8 Å². The van der Waals surface area contributed by atoms with E-state index in [-0.39, 0.29) is 0 Å². The van der Waals surface area contributed by atoms with Crippen molar-refractivity contribution in [2.24, 2.45) is 0 Å². The van der Waals surface area contributed by atoms with Crippen LogP contribution in [0.15, 0.2) is 18.5 Å². The molecule has 0 aliphatic carbocycles. The molecule has 3 nitrogen and oxygen atoms in total. The molecular weight excluding hydrogens is 224 g/mol. The third-order valence-electron chi connectivity index (χ3n) is 3.71. The molecule has 1 N–H and O–H groups in total. The van der Waals surface area contributed by atoms with Gasteiger partial charge in [0.1, 0.15) is 0 Å². The molecule has 1 aromatic rings. The molecule has 1 aliphatic rings. The van der Waals surface area contributed by atoms with Crippen molar-refractivity contribution in [3.63, 3.8) is 0 Å². The molecule has 1 aliphatic heterocycles. The summed E-state index contributed by atoms with van der Waals surface area (Å²) in [6.07, 6.45) is 9.75. The van der Waals surface area contributed by atoms with Crippen LogP contribution < -0.4 is 5.32 Å². The van der Waals surface area contributed by atoms with Crippen molar-refractivity contribution in [2.75, 3.05) is 13.2 Å². The molecule has 0 saturated carbocycles. The van der Waals surface area contributed by atoms with Gasteiger partial charge in [-0.3, -0.25) is 0 Å². The lowest BCUT2D eigenvalue weighted by atomic mass is 10.2. The van der Waals surface area contributed by atoms with Crippen molar-refractivity contribution in [3.8, 4) is 0 Å². The van der Waals surface area contributed by atoms with Crippen molar-refractivity contribution < 1.29 is 4.74 Å². The van der Waals surface area contributed by atoms with E-state index in [1.807, 2.05) is 0 Å². The summed E-state index contributed by atoms with van der Waals surface area (Å²) in [7, 11) is 0. The highest BCUT2D eigenvalue weighted by Crippen LogP contribution is 2.17. The molecular formula is C15H26N2O. The van der Waals surface area contributed by atoms with Gasteiger partial charge in [0.2, 0.25) is 0 Å². The molecule has 0 bridgehead atoms. The van der Waals surface area contributed by atoms with Crippen LogP contribution in [0, 0.1) is 0 Å². The van der Waals surface area contributed by atoms with Crippen LogP contribution in [-0.2, 0) is 11.3 Å². The monoisotopic (exact) mass is 250 g/mol. The van der Waals surface area contributed by atoms with Crippen molar-refractivity contribution in [3.05, 3.63) is 24.0 Å². The Kier molecular flexibility index (Phi) is 5.26. The first-order valence-electron chi connectivity index (χ1n) is 7.30. The van der Waals surface area contributed by atoms with E-state index in [2.05, 4.69) is 42.2 Å². The molecule has 0 amide bonds. The van der Waals surface area contributed by atoms with E-state index in [9.17, 15) is 0 Å². The smallest absolute Gasteiger partial charge is 0.0593 e. The Morgan fingerprint density at radius 2 is 2.44 bits per heavy atom. The summed E-state index contributed by atoms with van der Waals surface area (Å²) in [4.78, 5) is 0. The van der Waals surface area contributed by atoms with Crippen LogP contribution in [0.3, 0.4) is 0 Å². The average molecular weight is 250 g/mol. The molecule has 2 atom stereocenters. The van der Waals surface area contributed by atoms with Gasteiger partial charge in [0.05, 0.1) is 6.10 Å². The SMILES string of the molecule is CCCNC(C)c1ccn(CCC2CCCO2)c1. The van der Waals surface area contributed by atoms with Gasteiger partial charge in [-0.1, -0.05) is 6.92 Å². The number of nitrogens with zero attached hydrogens (tertiary/aromatic N) is 1. The van der Waals surface area contributed by atoms with Crippen LogP contribution in [0.2, 0.25) is 0 Å². The number of rotatable bonds is 7. The molecule has 0 aromatic carbocycles. The number of hydrogen-bond acceptors (Lipinski definition) is 2. The minimum atomic E-state index is 0.453. The Hall–Kier alpha value is -0.800. The summed E-state index contributed by atoms with van der Waals surface area (Å²) in [6.45, 7) is 7.55. The molecule has 1 fully saturated rings. The molecule has 1 saturated heterocycles. The molecule has 18 heavy (non-hydrogen) atoms. The van der Waals surface area contributed by atoms with E-state index >= 15 is 0 Å². The van der Waals surface area contributed by atoms with Gasteiger partial charge in [0.15, 0.2) is 0 Å². The zero-order valence-electron chi connectivity index (χ0n) is 11.7.